The van der Waals surface area contributed by atoms with Gasteiger partial charge < -0.3 is 10.2 Å². The highest BCUT2D eigenvalue weighted by Gasteiger charge is 2.16. The van der Waals surface area contributed by atoms with Crippen molar-refractivity contribution in [1.29, 1.82) is 0 Å². The fourth-order valence-electron chi connectivity index (χ4n) is 3.00. The third-order valence-electron chi connectivity index (χ3n) is 4.21. The minimum atomic E-state index is -0.349. The first kappa shape index (κ1) is 16.8. The molecule has 1 fully saturated rings. The molecule has 1 amide bonds. The summed E-state index contributed by atoms with van der Waals surface area (Å²) in [6.45, 7) is 1.87. The first-order chi connectivity index (χ1) is 11.6. The van der Waals surface area contributed by atoms with E-state index in [2.05, 4.69) is 10.2 Å². The number of anilines is 2. The zero-order chi connectivity index (χ0) is 16.9. The maximum absolute atomic E-state index is 13.7. The van der Waals surface area contributed by atoms with Crippen molar-refractivity contribution in [2.45, 2.75) is 25.7 Å². The molecule has 0 atom stereocenters. The standard InChI is InChI=1S/C19H20ClFN2O/c20-15-6-4-14(5-7-15)12-19(24)22-17-13-16(21)8-9-18(17)23-10-2-1-3-11-23/h4-9,13H,1-3,10-12H2,(H,22,24). The summed E-state index contributed by atoms with van der Waals surface area (Å²) in [6.07, 6.45) is 3.69. The first-order valence-electron chi connectivity index (χ1n) is 8.20. The van der Waals surface area contributed by atoms with Gasteiger partial charge in [0.05, 0.1) is 17.8 Å². The van der Waals surface area contributed by atoms with Crippen LogP contribution in [0, 0.1) is 5.82 Å². The number of nitrogens with one attached hydrogen (secondary N) is 1. The molecular weight excluding hydrogens is 327 g/mol. The van der Waals surface area contributed by atoms with Crippen LogP contribution in [0.2, 0.25) is 5.02 Å². The average molecular weight is 347 g/mol. The molecule has 2 aromatic rings. The second-order valence-electron chi connectivity index (χ2n) is 6.06. The topological polar surface area (TPSA) is 32.3 Å². The van der Waals surface area contributed by atoms with Gasteiger partial charge in [0.2, 0.25) is 5.91 Å². The molecule has 0 unspecified atom stereocenters. The van der Waals surface area contributed by atoms with Crippen LogP contribution in [0.1, 0.15) is 24.8 Å². The van der Waals surface area contributed by atoms with E-state index in [0.29, 0.717) is 10.7 Å². The number of hydrogen-bond donors (Lipinski definition) is 1. The Hall–Kier alpha value is -2.07. The van der Waals surface area contributed by atoms with Crippen molar-refractivity contribution in [3.63, 3.8) is 0 Å². The van der Waals surface area contributed by atoms with Crippen LogP contribution in [0.25, 0.3) is 0 Å². The lowest BCUT2D eigenvalue weighted by atomic mass is 10.1. The Kier molecular flexibility index (Phi) is 5.36. The van der Waals surface area contributed by atoms with Gasteiger partial charge in [-0.05, 0) is 55.2 Å². The molecule has 1 aliphatic rings. The minimum Gasteiger partial charge on any atom is -0.370 e. The normalized spacial score (nSPS) is 14.5. The third kappa shape index (κ3) is 4.26. The van der Waals surface area contributed by atoms with Crippen LogP contribution in [0.5, 0.6) is 0 Å². The molecule has 0 spiro atoms. The van der Waals surface area contributed by atoms with Gasteiger partial charge >= 0.3 is 0 Å². The van der Waals surface area contributed by atoms with Gasteiger partial charge in [-0.15, -0.1) is 0 Å². The second-order valence-corrected chi connectivity index (χ2v) is 6.50. The zero-order valence-electron chi connectivity index (χ0n) is 13.4. The lowest BCUT2D eigenvalue weighted by Gasteiger charge is -2.30. The van der Waals surface area contributed by atoms with E-state index >= 15 is 0 Å². The summed E-state index contributed by atoms with van der Waals surface area (Å²) >= 11 is 5.85. The van der Waals surface area contributed by atoms with Crippen molar-refractivity contribution in [1.82, 2.24) is 0 Å². The highest BCUT2D eigenvalue weighted by atomic mass is 35.5. The number of rotatable bonds is 4. The van der Waals surface area contributed by atoms with Crippen molar-refractivity contribution in [2.24, 2.45) is 0 Å². The number of carbonyl (C=O) groups is 1. The minimum absolute atomic E-state index is 0.166. The predicted molar refractivity (Wildman–Crippen MR) is 96.2 cm³/mol. The molecule has 0 bridgehead atoms. The smallest absolute Gasteiger partial charge is 0.228 e. The molecule has 0 radical (unpaired) electrons. The summed E-state index contributed by atoms with van der Waals surface area (Å²) < 4.78 is 13.7. The molecule has 0 saturated carbocycles. The molecule has 1 N–H and O–H groups in total. The molecule has 126 valence electrons. The molecule has 0 aliphatic carbocycles. The van der Waals surface area contributed by atoms with Gasteiger partial charge in [0, 0.05) is 18.1 Å². The molecular formula is C19H20ClFN2O. The van der Waals surface area contributed by atoms with E-state index in [9.17, 15) is 9.18 Å². The van der Waals surface area contributed by atoms with Crippen molar-refractivity contribution in [3.05, 3.63) is 58.9 Å². The monoisotopic (exact) mass is 346 g/mol. The Balaban J connectivity index is 1.74. The zero-order valence-corrected chi connectivity index (χ0v) is 14.2. The summed E-state index contributed by atoms with van der Waals surface area (Å²) in [5.41, 5.74) is 2.30. The van der Waals surface area contributed by atoms with Gasteiger partial charge in [-0.2, -0.15) is 0 Å². The average Bonchev–Trinajstić information content (AvgIpc) is 2.58. The predicted octanol–water partition coefficient (Wildman–Crippen LogP) is 4.65. The van der Waals surface area contributed by atoms with E-state index < -0.39 is 0 Å². The maximum atomic E-state index is 13.7. The number of piperidine rings is 1. The lowest BCUT2D eigenvalue weighted by Crippen LogP contribution is -2.30. The summed E-state index contributed by atoms with van der Waals surface area (Å²) in [7, 11) is 0. The number of hydrogen-bond acceptors (Lipinski definition) is 2. The van der Waals surface area contributed by atoms with E-state index in [1.807, 2.05) is 12.1 Å². The molecule has 3 rings (SSSR count). The SMILES string of the molecule is O=C(Cc1ccc(Cl)cc1)Nc1cc(F)ccc1N1CCCCC1. The van der Waals surface area contributed by atoms with Crippen molar-refractivity contribution in [3.8, 4) is 0 Å². The van der Waals surface area contributed by atoms with Gasteiger partial charge in [0.15, 0.2) is 0 Å². The lowest BCUT2D eigenvalue weighted by molar-refractivity contribution is -0.115. The van der Waals surface area contributed by atoms with E-state index in [4.69, 9.17) is 11.6 Å². The summed E-state index contributed by atoms with van der Waals surface area (Å²) in [4.78, 5) is 14.5. The largest absolute Gasteiger partial charge is 0.370 e. The van der Waals surface area contributed by atoms with E-state index in [0.717, 1.165) is 37.2 Å². The highest BCUT2D eigenvalue weighted by Crippen LogP contribution is 2.29. The van der Waals surface area contributed by atoms with Crippen LogP contribution in [0.15, 0.2) is 42.5 Å². The number of nitrogens with zero attached hydrogens (tertiary/aromatic N) is 1. The van der Waals surface area contributed by atoms with Crippen molar-refractivity contribution in [2.75, 3.05) is 23.3 Å². The molecule has 1 heterocycles. The second kappa shape index (κ2) is 7.67. The van der Waals surface area contributed by atoms with E-state index in [1.165, 1.54) is 18.6 Å². The molecule has 5 heteroatoms. The quantitative estimate of drug-likeness (QED) is 0.873. The molecule has 2 aromatic carbocycles. The molecule has 0 aromatic heterocycles. The summed E-state index contributed by atoms with van der Waals surface area (Å²) in [5.74, 6) is -0.515. The summed E-state index contributed by atoms with van der Waals surface area (Å²) in [6, 6.07) is 11.7. The Labute approximate surface area is 146 Å². The summed E-state index contributed by atoms with van der Waals surface area (Å²) in [5, 5.41) is 3.49. The van der Waals surface area contributed by atoms with Crippen LogP contribution in [0.3, 0.4) is 0 Å². The van der Waals surface area contributed by atoms with Crippen LogP contribution >= 0.6 is 11.6 Å². The number of carbonyl (C=O) groups excluding carboxylic acids is 1. The third-order valence-corrected chi connectivity index (χ3v) is 4.46. The fourth-order valence-corrected chi connectivity index (χ4v) is 3.13. The fraction of sp³-hybridized carbons (Fsp3) is 0.316. The van der Waals surface area contributed by atoms with Gasteiger partial charge in [-0.1, -0.05) is 23.7 Å². The van der Waals surface area contributed by atoms with Crippen LogP contribution in [0.4, 0.5) is 15.8 Å². The Morgan fingerprint density at radius 3 is 2.50 bits per heavy atom. The Morgan fingerprint density at radius 1 is 1.08 bits per heavy atom. The number of halogens is 2. The van der Waals surface area contributed by atoms with Gasteiger partial charge in [-0.3, -0.25) is 4.79 Å². The molecule has 3 nitrogen and oxygen atoms in total. The molecule has 1 aliphatic heterocycles. The van der Waals surface area contributed by atoms with Gasteiger partial charge in [0.1, 0.15) is 5.82 Å². The molecule has 24 heavy (non-hydrogen) atoms. The van der Waals surface area contributed by atoms with E-state index in [1.54, 1.807) is 18.2 Å². The first-order valence-corrected chi connectivity index (χ1v) is 8.58. The highest BCUT2D eigenvalue weighted by molar-refractivity contribution is 6.30. The molecule has 1 saturated heterocycles. The van der Waals surface area contributed by atoms with Crippen molar-refractivity contribution < 1.29 is 9.18 Å². The van der Waals surface area contributed by atoms with Crippen molar-refractivity contribution >= 4 is 28.9 Å². The van der Waals surface area contributed by atoms with Crippen LogP contribution < -0.4 is 10.2 Å². The van der Waals surface area contributed by atoms with Gasteiger partial charge in [-0.25, -0.2) is 4.39 Å². The number of benzene rings is 2. The van der Waals surface area contributed by atoms with Crippen LogP contribution in [-0.2, 0) is 11.2 Å². The van der Waals surface area contributed by atoms with Gasteiger partial charge in [0.25, 0.3) is 0 Å². The Morgan fingerprint density at radius 2 is 1.79 bits per heavy atom. The van der Waals surface area contributed by atoms with Crippen LogP contribution in [-0.4, -0.2) is 19.0 Å². The van der Waals surface area contributed by atoms with E-state index in [-0.39, 0.29) is 18.1 Å². The maximum Gasteiger partial charge on any atom is 0.228 e. The Bertz CT molecular complexity index is 712. The number of amides is 1.